The number of benzene rings is 1. The van der Waals surface area contributed by atoms with E-state index in [1.54, 1.807) is 5.56 Å². The topological polar surface area (TPSA) is 3.24 Å². The lowest BCUT2D eigenvalue weighted by molar-refractivity contribution is 0.0193. The van der Waals surface area contributed by atoms with Crippen molar-refractivity contribution in [1.82, 2.24) is 4.90 Å². The first kappa shape index (κ1) is 13.2. The average molecular weight is 257 g/mol. The van der Waals surface area contributed by atoms with Crippen molar-refractivity contribution in [2.24, 2.45) is 5.92 Å². The maximum atomic E-state index is 2.82. The largest absolute Gasteiger partial charge is 0.294 e. The second kappa shape index (κ2) is 5.66. The monoisotopic (exact) mass is 257 g/mol. The predicted molar refractivity (Wildman–Crippen MR) is 81.2 cm³/mol. The molecule has 19 heavy (non-hydrogen) atoms. The van der Waals surface area contributed by atoms with Gasteiger partial charge >= 0.3 is 0 Å². The van der Waals surface area contributed by atoms with Crippen LogP contribution in [0.4, 0.5) is 0 Å². The predicted octanol–water partition coefficient (Wildman–Crippen LogP) is 4.58. The summed E-state index contributed by atoms with van der Waals surface area (Å²) in [7, 11) is 0. The van der Waals surface area contributed by atoms with Gasteiger partial charge < -0.3 is 0 Å². The molecule has 1 aromatic carbocycles. The van der Waals surface area contributed by atoms with Crippen LogP contribution in [0.3, 0.4) is 0 Å². The van der Waals surface area contributed by atoms with Crippen molar-refractivity contribution in [2.45, 2.75) is 57.4 Å². The van der Waals surface area contributed by atoms with Gasteiger partial charge in [-0.15, -0.1) is 0 Å². The van der Waals surface area contributed by atoms with Gasteiger partial charge in [0.1, 0.15) is 0 Å². The van der Waals surface area contributed by atoms with Gasteiger partial charge in [0.2, 0.25) is 0 Å². The van der Waals surface area contributed by atoms with Crippen molar-refractivity contribution >= 4 is 0 Å². The van der Waals surface area contributed by atoms with Gasteiger partial charge in [-0.3, -0.25) is 4.90 Å². The third-order valence-electron chi connectivity index (χ3n) is 5.38. The highest BCUT2D eigenvalue weighted by atomic mass is 15.2. The molecule has 0 unspecified atom stereocenters. The van der Waals surface area contributed by atoms with E-state index >= 15 is 0 Å². The molecule has 3 rings (SSSR count). The molecule has 1 heterocycles. The van der Waals surface area contributed by atoms with Crippen LogP contribution in [0.2, 0.25) is 0 Å². The molecule has 1 aliphatic heterocycles. The molecule has 2 aliphatic rings. The van der Waals surface area contributed by atoms with E-state index in [2.05, 4.69) is 42.2 Å². The van der Waals surface area contributed by atoms with Gasteiger partial charge in [-0.2, -0.15) is 0 Å². The molecule has 1 aromatic rings. The van der Waals surface area contributed by atoms with E-state index in [1.807, 2.05) is 0 Å². The van der Waals surface area contributed by atoms with Gasteiger partial charge in [0.05, 0.1) is 0 Å². The van der Waals surface area contributed by atoms with E-state index in [-0.39, 0.29) is 0 Å². The minimum absolute atomic E-state index is 0.361. The second-order valence-electron chi connectivity index (χ2n) is 6.63. The van der Waals surface area contributed by atoms with E-state index in [9.17, 15) is 0 Å². The molecule has 2 fully saturated rings. The molecule has 0 aromatic heterocycles. The number of rotatable bonds is 2. The van der Waals surface area contributed by atoms with E-state index in [0.29, 0.717) is 5.54 Å². The lowest BCUT2D eigenvalue weighted by atomic mass is 9.74. The molecule has 0 atom stereocenters. The maximum absolute atomic E-state index is 2.82. The Bertz CT molecular complexity index is 383. The summed E-state index contributed by atoms with van der Waals surface area (Å²) in [6.45, 7) is 5.01. The first-order valence-electron chi connectivity index (χ1n) is 8.12. The van der Waals surface area contributed by atoms with E-state index in [0.717, 1.165) is 5.92 Å². The molecule has 0 radical (unpaired) electrons. The Morgan fingerprint density at radius 2 is 1.58 bits per heavy atom. The third-order valence-corrected chi connectivity index (χ3v) is 5.38. The maximum Gasteiger partial charge on any atom is 0.0460 e. The highest BCUT2D eigenvalue weighted by Crippen LogP contribution is 2.43. The van der Waals surface area contributed by atoms with Gasteiger partial charge in [0, 0.05) is 5.54 Å². The van der Waals surface area contributed by atoms with Crippen LogP contribution in [-0.4, -0.2) is 18.0 Å². The zero-order chi connectivity index (χ0) is 13.1. The Labute approximate surface area is 118 Å². The molecule has 0 bridgehead atoms. The number of hydrogen-bond acceptors (Lipinski definition) is 1. The summed E-state index contributed by atoms with van der Waals surface area (Å²) in [5, 5.41) is 0. The van der Waals surface area contributed by atoms with Crippen molar-refractivity contribution in [3.8, 4) is 0 Å². The zero-order valence-corrected chi connectivity index (χ0v) is 12.3. The van der Waals surface area contributed by atoms with Crippen molar-refractivity contribution in [2.75, 3.05) is 13.1 Å². The fourth-order valence-electron chi connectivity index (χ4n) is 4.11. The van der Waals surface area contributed by atoms with Crippen molar-refractivity contribution in [3.05, 3.63) is 35.9 Å². The van der Waals surface area contributed by atoms with Gasteiger partial charge in [-0.1, -0.05) is 56.5 Å². The Morgan fingerprint density at radius 3 is 2.21 bits per heavy atom. The van der Waals surface area contributed by atoms with Crippen molar-refractivity contribution in [1.29, 1.82) is 0 Å². The van der Waals surface area contributed by atoms with Crippen LogP contribution in [0.5, 0.6) is 0 Å². The standard InChI is InChI=1S/C18H27N/c1-16-10-14-19(15-11-16)18(12-6-3-7-13-18)17-8-4-2-5-9-17/h2,4-5,8-9,16H,3,6-7,10-15H2,1H3. The minimum atomic E-state index is 0.361. The van der Waals surface area contributed by atoms with Crippen LogP contribution >= 0.6 is 0 Å². The molecular weight excluding hydrogens is 230 g/mol. The average Bonchev–Trinajstić information content (AvgIpc) is 2.49. The first-order valence-corrected chi connectivity index (χ1v) is 8.12. The lowest BCUT2D eigenvalue weighted by Crippen LogP contribution is -2.50. The first-order chi connectivity index (χ1) is 9.31. The molecule has 0 amide bonds. The molecule has 1 saturated carbocycles. The summed E-state index contributed by atoms with van der Waals surface area (Å²) >= 11 is 0. The lowest BCUT2D eigenvalue weighted by Gasteiger charge is -2.49. The summed E-state index contributed by atoms with van der Waals surface area (Å²) < 4.78 is 0. The normalized spacial score (nSPS) is 25.3. The third kappa shape index (κ3) is 2.58. The fourth-order valence-corrected chi connectivity index (χ4v) is 4.11. The summed E-state index contributed by atoms with van der Waals surface area (Å²) in [5.74, 6) is 0.924. The van der Waals surface area contributed by atoms with Crippen LogP contribution in [-0.2, 0) is 5.54 Å². The number of nitrogens with zero attached hydrogens (tertiary/aromatic N) is 1. The summed E-state index contributed by atoms with van der Waals surface area (Å²) in [6, 6.07) is 11.3. The number of hydrogen-bond donors (Lipinski definition) is 0. The minimum Gasteiger partial charge on any atom is -0.294 e. The summed E-state index contributed by atoms with van der Waals surface area (Å²) in [4.78, 5) is 2.82. The Hall–Kier alpha value is -0.820. The quantitative estimate of drug-likeness (QED) is 0.749. The van der Waals surface area contributed by atoms with E-state index in [4.69, 9.17) is 0 Å². The van der Waals surface area contributed by atoms with Crippen molar-refractivity contribution < 1.29 is 0 Å². The van der Waals surface area contributed by atoms with Crippen LogP contribution in [0, 0.1) is 5.92 Å². The zero-order valence-electron chi connectivity index (χ0n) is 12.3. The molecule has 104 valence electrons. The van der Waals surface area contributed by atoms with Crippen LogP contribution < -0.4 is 0 Å². The highest BCUT2D eigenvalue weighted by Gasteiger charge is 2.40. The van der Waals surface area contributed by atoms with Crippen molar-refractivity contribution in [3.63, 3.8) is 0 Å². The summed E-state index contributed by atoms with van der Waals surface area (Å²) in [5.41, 5.74) is 1.93. The Morgan fingerprint density at radius 1 is 0.947 bits per heavy atom. The van der Waals surface area contributed by atoms with E-state index < -0.39 is 0 Å². The van der Waals surface area contributed by atoms with Crippen LogP contribution in [0.25, 0.3) is 0 Å². The molecule has 1 nitrogen and oxygen atoms in total. The molecule has 0 N–H and O–H groups in total. The van der Waals surface area contributed by atoms with Crippen LogP contribution in [0.15, 0.2) is 30.3 Å². The molecular formula is C18H27N. The SMILES string of the molecule is CC1CCN(C2(c3ccccc3)CCCCC2)CC1. The fraction of sp³-hybridized carbons (Fsp3) is 0.667. The molecule has 1 heteroatoms. The molecule has 0 spiro atoms. The van der Waals surface area contributed by atoms with Gasteiger partial charge in [-0.05, 0) is 50.3 Å². The number of likely N-dealkylation sites (tertiary alicyclic amines) is 1. The smallest absolute Gasteiger partial charge is 0.0460 e. The van der Waals surface area contributed by atoms with Gasteiger partial charge in [-0.25, -0.2) is 0 Å². The van der Waals surface area contributed by atoms with Gasteiger partial charge in [0.25, 0.3) is 0 Å². The second-order valence-corrected chi connectivity index (χ2v) is 6.63. The molecule has 1 aliphatic carbocycles. The van der Waals surface area contributed by atoms with Gasteiger partial charge in [0.15, 0.2) is 0 Å². The Kier molecular flexibility index (Phi) is 3.93. The number of piperidine rings is 1. The molecule has 1 saturated heterocycles. The van der Waals surface area contributed by atoms with E-state index in [1.165, 1.54) is 58.0 Å². The highest BCUT2D eigenvalue weighted by molar-refractivity contribution is 5.25. The summed E-state index contributed by atoms with van der Waals surface area (Å²) in [6.07, 6.45) is 9.74. The Balaban J connectivity index is 1.88. The van der Waals surface area contributed by atoms with Crippen LogP contribution in [0.1, 0.15) is 57.4 Å².